The second-order valence-electron chi connectivity index (χ2n) is 4.14. The Morgan fingerprint density at radius 1 is 1.44 bits per heavy atom. The molecule has 1 unspecified atom stereocenters. The SMILES string of the molecule is CCC(=O)NC1CCN(C(=O)C(C)Br)CC1. The molecule has 1 atom stereocenters. The zero-order valence-electron chi connectivity index (χ0n) is 9.83. The molecular formula is C11H19BrN2O2. The summed E-state index contributed by atoms with van der Waals surface area (Å²) in [7, 11) is 0. The van der Waals surface area contributed by atoms with E-state index in [0.717, 1.165) is 25.9 Å². The van der Waals surface area contributed by atoms with E-state index in [4.69, 9.17) is 0 Å². The van der Waals surface area contributed by atoms with Gasteiger partial charge < -0.3 is 10.2 Å². The summed E-state index contributed by atoms with van der Waals surface area (Å²) >= 11 is 3.28. The van der Waals surface area contributed by atoms with E-state index in [1.165, 1.54) is 0 Å². The van der Waals surface area contributed by atoms with E-state index >= 15 is 0 Å². The van der Waals surface area contributed by atoms with Gasteiger partial charge in [0, 0.05) is 25.6 Å². The van der Waals surface area contributed by atoms with Crippen molar-refractivity contribution in [2.24, 2.45) is 0 Å². The van der Waals surface area contributed by atoms with Crippen LogP contribution in [0.3, 0.4) is 0 Å². The van der Waals surface area contributed by atoms with Crippen molar-refractivity contribution in [3.8, 4) is 0 Å². The first-order chi connectivity index (χ1) is 7.54. The van der Waals surface area contributed by atoms with E-state index in [2.05, 4.69) is 21.2 Å². The summed E-state index contributed by atoms with van der Waals surface area (Å²) in [5.41, 5.74) is 0. The van der Waals surface area contributed by atoms with E-state index in [-0.39, 0.29) is 22.7 Å². The molecule has 4 nitrogen and oxygen atoms in total. The number of halogens is 1. The minimum absolute atomic E-state index is 0.0960. The zero-order valence-corrected chi connectivity index (χ0v) is 11.4. The Labute approximate surface area is 105 Å². The molecule has 0 aromatic carbocycles. The van der Waals surface area contributed by atoms with Crippen molar-refractivity contribution in [3.63, 3.8) is 0 Å². The molecule has 0 radical (unpaired) electrons. The molecule has 1 aliphatic heterocycles. The molecule has 1 fully saturated rings. The molecule has 2 amide bonds. The van der Waals surface area contributed by atoms with Crippen LogP contribution >= 0.6 is 15.9 Å². The van der Waals surface area contributed by atoms with Crippen LogP contribution < -0.4 is 5.32 Å². The van der Waals surface area contributed by atoms with Crippen molar-refractivity contribution in [1.82, 2.24) is 10.2 Å². The van der Waals surface area contributed by atoms with Gasteiger partial charge in [-0.2, -0.15) is 0 Å². The Bertz CT molecular complexity index is 261. The maximum atomic E-state index is 11.7. The minimum Gasteiger partial charge on any atom is -0.353 e. The number of carbonyl (C=O) groups is 2. The summed E-state index contributed by atoms with van der Waals surface area (Å²) in [6.45, 7) is 5.17. The highest BCUT2D eigenvalue weighted by molar-refractivity contribution is 9.10. The molecule has 0 aliphatic carbocycles. The summed E-state index contributed by atoms with van der Waals surface area (Å²) in [6.07, 6.45) is 2.24. The largest absolute Gasteiger partial charge is 0.353 e. The van der Waals surface area contributed by atoms with Gasteiger partial charge in [-0.25, -0.2) is 0 Å². The highest BCUT2D eigenvalue weighted by Gasteiger charge is 2.25. The maximum Gasteiger partial charge on any atom is 0.236 e. The highest BCUT2D eigenvalue weighted by atomic mass is 79.9. The van der Waals surface area contributed by atoms with E-state index in [9.17, 15) is 9.59 Å². The molecule has 0 aromatic heterocycles. The third-order valence-electron chi connectivity index (χ3n) is 2.83. The molecule has 0 saturated carbocycles. The molecule has 0 aromatic rings. The molecule has 1 aliphatic rings. The van der Waals surface area contributed by atoms with Crippen LogP contribution in [-0.4, -0.2) is 40.7 Å². The summed E-state index contributed by atoms with van der Waals surface area (Å²) in [6, 6.07) is 0.238. The van der Waals surface area contributed by atoms with Gasteiger partial charge in [-0.1, -0.05) is 22.9 Å². The second kappa shape index (κ2) is 6.23. The normalized spacial score (nSPS) is 19.3. The number of likely N-dealkylation sites (tertiary alicyclic amines) is 1. The fraction of sp³-hybridized carbons (Fsp3) is 0.818. The van der Waals surface area contributed by atoms with Crippen LogP contribution in [0.1, 0.15) is 33.1 Å². The number of amides is 2. The Balaban J connectivity index is 2.34. The van der Waals surface area contributed by atoms with E-state index in [1.54, 1.807) is 0 Å². The Morgan fingerprint density at radius 2 is 2.00 bits per heavy atom. The first-order valence-electron chi connectivity index (χ1n) is 5.76. The zero-order chi connectivity index (χ0) is 12.1. The van der Waals surface area contributed by atoms with Gasteiger partial charge in [0.05, 0.1) is 4.83 Å². The number of alkyl halides is 1. The Kier molecular flexibility index (Phi) is 5.25. The number of hydrogen-bond donors (Lipinski definition) is 1. The summed E-state index contributed by atoms with van der Waals surface area (Å²) in [4.78, 5) is 24.6. The van der Waals surface area contributed by atoms with Gasteiger partial charge in [0.2, 0.25) is 11.8 Å². The van der Waals surface area contributed by atoms with Crippen LogP contribution in [0.2, 0.25) is 0 Å². The fourth-order valence-electron chi connectivity index (χ4n) is 1.83. The second-order valence-corrected chi connectivity index (χ2v) is 5.51. The highest BCUT2D eigenvalue weighted by Crippen LogP contribution is 2.13. The van der Waals surface area contributed by atoms with Crippen LogP contribution in [0, 0.1) is 0 Å². The number of piperidine rings is 1. The number of rotatable bonds is 3. The van der Waals surface area contributed by atoms with Gasteiger partial charge in [0.1, 0.15) is 0 Å². The van der Waals surface area contributed by atoms with Gasteiger partial charge >= 0.3 is 0 Å². The lowest BCUT2D eigenvalue weighted by Gasteiger charge is -2.33. The van der Waals surface area contributed by atoms with Crippen molar-refractivity contribution >= 4 is 27.7 Å². The first-order valence-corrected chi connectivity index (χ1v) is 6.68. The summed E-state index contributed by atoms with van der Waals surface area (Å²) < 4.78 is 0. The molecule has 0 bridgehead atoms. The lowest BCUT2D eigenvalue weighted by molar-refractivity contribution is -0.131. The molecule has 1 heterocycles. The van der Waals surface area contributed by atoms with Crippen LogP contribution in [0.5, 0.6) is 0 Å². The van der Waals surface area contributed by atoms with Crippen LogP contribution in [0.25, 0.3) is 0 Å². The molecule has 16 heavy (non-hydrogen) atoms. The van der Waals surface area contributed by atoms with E-state index in [1.807, 2.05) is 18.7 Å². The average molecular weight is 291 g/mol. The summed E-state index contributed by atoms with van der Waals surface area (Å²) in [5.74, 6) is 0.235. The van der Waals surface area contributed by atoms with Crippen molar-refractivity contribution in [1.29, 1.82) is 0 Å². The minimum atomic E-state index is -0.116. The molecule has 1 rings (SSSR count). The number of hydrogen-bond acceptors (Lipinski definition) is 2. The standard InChI is InChI=1S/C11H19BrN2O2/c1-3-10(15)13-9-4-6-14(7-5-9)11(16)8(2)12/h8-9H,3-7H2,1-2H3,(H,13,15). The predicted molar refractivity (Wildman–Crippen MR) is 66.4 cm³/mol. The van der Waals surface area contributed by atoms with Crippen molar-refractivity contribution in [3.05, 3.63) is 0 Å². The number of carbonyl (C=O) groups excluding carboxylic acids is 2. The predicted octanol–water partition coefficient (Wildman–Crippen LogP) is 1.29. The van der Waals surface area contributed by atoms with Crippen molar-refractivity contribution < 1.29 is 9.59 Å². The van der Waals surface area contributed by atoms with E-state index < -0.39 is 0 Å². The van der Waals surface area contributed by atoms with Gasteiger partial charge in [-0.15, -0.1) is 0 Å². The molecule has 5 heteroatoms. The molecule has 1 N–H and O–H groups in total. The monoisotopic (exact) mass is 290 g/mol. The topological polar surface area (TPSA) is 49.4 Å². The third kappa shape index (κ3) is 3.77. The molecule has 92 valence electrons. The number of nitrogens with zero attached hydrogens (tertiary/aromatic N) is 1. The Hall–Kier alpha value is -0.580. The van der Waals surface area contributed by atoms with Crippen LogP contribution in [-0.2, 0) is 9.59 Å². The average Bonchev–Trinajstić information content (AvgIpc) is 2.28. The summed E-state index contributed by atoms with van der Waals surface area (Å²) in [5, 5.41) is 2.97. The fourth-order valence-corrected chi connectivity index (χ4v) is 2.12. The van der Waals surface area contributed by atoms with Gasteiger partial charge in [-0.05, 0) is 19.8 Å². The van der Waals surface area contributed by atoms with Gasteiger partial charge in [0.25, 0.3) is 0 Å². The molecule has 0 spiro atoms. The van der Waals surface area contributed by atoms with Crippen LogP contribution in [0.4, 0.5) is 0 Å². The van der Waals surface area contributed by atoms with Crippen LogP contribution in [0.15, 0.2) is 0 Å². The lowest BCUT2D eigenvalue weighted by atomic mass is 10.0. The smallest absolute Gasteiger partial charge is 0.236 e. The Morgan fingerprint density at radius 3 is 2.44 bits per heavy atom. The van der Waals surface area contributed by atoms with Crippen molar-refractivity contribution in [2.45, 2.75) is 44.0 Å². The first kappa shape index (κ1) is 13.5. The van der Waals surface area contributed by atoms with E-state index in [0.29, 0.717) is 6.42 Å². The molecular weight excluding hydrogens is 272 g/mol. The van der Waals surface area contributed by atoms with Crippen molar-refractivity contribution in [2.75, 3.05) is 13.1 Å². The third-order valence-corrected chi connectivity index (χ3v) is 3.22. The lowest BCUT2D eigenvalue weighted by Crippen LogP contribution is -2.47. The van der Waals surface area contributed by atoms with Gasteiger partial charge in [-0.3, -0.25) is 9.59 Å². The number of nitrogens with one attached hydrogen (secondary N) is 1. The van der Waals surface area contributed by atoms with Gasteiger partial charge in [0.15, 0.2) is 0 Å². The molecule has 1 saturated heterocycles. The quantitative estimate of drug-likeness (QED) is 0.797. The maximum absolute atomic E-state index is 11.7.